The first kappa shape index (κ1) is 27.4. The minimum Gasteiger partial charge on any atom is -0.294 e. The second kappa shape index (κ2) is 10.9. The smallest absolute Gasteiger partial charge is 0.164 e. The van der Waals surface area contributed by atoms with Crippen LogP contribution in [0.2, 0.25) is 0 Å². The van der Waals surface area contributed by atoms with Crippen molar-refractivity contribution in [3.8, 4) is 40.0 Å². The molecule has 10 rings (SSSR count). The Bertz CT molecular complexity index is 2800. The lowest BCUT2D eigenvalue weighted by molar-refractivity contribution is 1.05. The first-order valence-corrected chi connectivity index (χ1v) is 16.4. The van der Waals surface area contributed by atoms with E-state index >= 15 is 0 Å². The molecular weight excluding hydrogens is 599 g/mol. The zero-order valence-corrected chi connectivity index (χ0v) is 26.3. The molecule has 3 heterocycles. The summed E-state index contributed by atoms with van der Waals surface area (Å²) in [5, 5.41) is 9.63. The van der Waals surface area contributed by atoms with Crippen LogP contribution in [0.1, 0.15) is 0 Å². The summed E-state index contributed by atoms with van der Waals surface area (Å²) in [5.74, 6) is 2.65. The summed E-state index contributed by atoms with van der Waals surface area (Å²) in [6.45, 7) is 0. The number of hydrogen-bond donors (Lipinski definition) is 0. The van der Waals surface area contributed by atoms with Crippen molar-refractivity contribution in [1.29, 1.82) is 0 Å². The molecule has 0 radical (unpaired) electrons. The van der Waals surface area contributed by atoms with Crippen molar-refractivity contribution in [3.05, 3.63) is 164 Å². The zero-order chi connectivity index (χ0) is 32.3. The van der Waals surface area contributed by atoms with Gasteiger partial charge in [0.2, 0.25) is 0 Å². The van der Waals surface area contributed by atoms with E-state index < -0.39 is 0 Å². The fraction of sp³-hybridized carbons (Fsp3) is 0. The molecule has 0 N–H and O–H groups in total. The van der Waals surface area contributed by atoms with Crippen LogP contribution in [-0.2, 0) is 0 Å². The van der Waals surface area contributed by atoms with E-state index in [4.69, 9.17) is 19.9 Å². The molecule has 0 aliphatic heterocycles. The van der Waals surface area contributed by atoms with E-state index in [9.17, 15) is 0 Å². The average molecular weight is 626 g/mol. The van der Waals surface area contributed by atoms with Gasteiger partial charge in [-0.1, -0.05) is 127 Å². The molecule has 0 fully saturated rings. The number of fused-ring (bicyclic) bond motifs is 8. The van der Waals surface area contributed by atoms with Crippen molar-refractivity contribution in [2.75, 3.05) is 0 Å². The third-order valence-corrected chi connectivity index (χ3v) is 9.45. The van der Waals surface area contributed by atoms with Crippen molar-refractivity contribution >= 4 is 54.1 Å². The molecule has 0 unspecified atom stereocenters. The monoisotopic (exact) mass is 625 g/mol. The molecule has 0 saturated carbocycles. The third kappa shape index (κ3) is 4.48. The summed E-state index contributed by atoms with van der Waals surface area (Å²) >= 11 is 0. The second-order valence-electron chi connectivity index (χ2n) is 12.3. The molecule has 10 aromatic rings. The Balaban J connectivity index is 1.21. The van der Waals surface area contributed by atoms with Crippen LogP contribution in [0.3, 0.4) is 0 Å². The highest BCUT2D eigenvalue weighted by molar-refractivity contribution is 6.28. The Kier molecular flexibility index (Phi) is 6.11. The van der Waals surface area contributed by atoms with Crippen LogP contribution in [0.5, 0.6) is 0 Å². The molecule has 228 valence electrons. The fourth-order valence-electron chi connectivity index (χ4n) is 7.15. The molecule has 7 aromatic carbocycles. The predicted octanol–water partition coefficient (Wildman–Crippen LogP) is 10.8. The van der Waals surface area contributed by atoms with Gasteiger partial charge in [-0.2, -0.15) is 0 Å². The molecule has 0 amide bonds. The van der Waals surface area contributed by atoms with Gasteiger partial charge in [0.1, 0.15) is 5.82 Å². The van der Waals surface area contributed by atoms with Gasteiger partial charge in [0, 0.05) is 33.7 Å². The van der Waals surface area contributed by atoms with Crippen LogP contribution in [0.15, 0.2) is 164 Å². The second-order valence-corrected chi connectivity index (χ2v) is 12.3. The summed E-state index contributed by atoms with van der Waals surface area (Å²) in [7, 11) is 0. The van der Waals surface area contributed by atoms with Crippen molar-refractivity contribution in [3.63, 3.8) is 0 Å². The van der Waals surface area contributed by atoms with Crippen LogP contribution in [-0.4, -0.2) is 24.5 Å². The highest BCUT2D eigenvalue weighted by Crippen LogP contribution is 2.40. The molecular formula is C44H27N5. The summed E-state index contributed by atoms with van der Waals surface area (Å²) in [6, 6.07) is 54.9. The number of benzene rings is 7. The number of hydrogen-bond acceptors (Lipinski definition) is 4. The molecule has 0 aliphatic rings. The average Bonchev–Trinajstić information content (AvgIpc) is 3.53. The van der Waals surface area contributed by atoms with Gasteiger partial charge >= 0.3 is 0 Å². The van der Waals surface area contributed by atoms with Gasteiger partial charge in [-0.3, -0.25) is 4.57 Å². The molecule has 0 aliphatic carbocycles. The van der Waals surface area contributed by atoms with Gasteiger partial charge in [-0.05, 0) is 62.6 Å². The fourth-order valence-corrected chi connectivity index (χ4v) is 7.15. The molecule has 3 aromatic heterocycles. The molecule has 0 saturated heterocycles. The lowest BCUT2D eigenvalue weighted by Crippen LogP contribution is -2.02. The van der Waals surface area contributed by atoms with E-state index in [-0.39, 0.29) is 0 Å². The SMILES string of the molecule is c1ccc(-c2nc(-c3ccnc(-n4c5ccc6ccccc6c5c5c6ccccc6ccc54)c3)nc(-c3ccc4ccccc4c3)n2)cc1. The number of rotatable bonds is 4. The molecule has 0 atom stereocenters. The van der Waals surface area contributed by atoms with Gasteiger partial charge < -0.3 is 0 Å². The maximum absolute atomic E-state index is 5.08. The van der Waals surface area contributed by atoms with Crippen LogP contribution in [0.4, 0.5) is 0 Å². The molecule has 49 heavy (non-hydrogen) atoms. The maximum atomic E-state index is 5.08. The summed E-state index contributed by atoms with van der Waals surface area (Å²) < 4.78 is 2.27. The normalized spacial score (nSPS) is 11.7. The number of nitrogens with zero attached hydrogens (tertiary/aromatic N) is 5. The molecule has 5 nitrogen and oxygen atoms in total. The van der Waals surface area contributed by atoms with Gasteiger partial charge in [0.15, 0.2) is 17.5 Å². The van der Waals surface area contributed by atoms with Gasteiger partial charge in [0.25, 0.3) is 0 Å². The first-order chi connectivity index (χ1) is 24.3. The van der Waals surface area contributed by atoms with E-state index in [0.29, 0.717) is 17.5 Å². The van der Waals surface area contributed by atoms with E-state index in [1.165, 1.54) is 37.7 Å². The zero-order valence-electron chi connectivity index (χ0n) is 26.3. The van der Waals surface area contributed by atoms with Crippen molar-refractivity contribution < 1.29 is 0 Å². The topological polar surface area (TPSA) is 56.5 Å². The Morgan fingerprint density at radius 2 is 0.878 bits per heavy atom. The lowest BCUT2D eigenvalue weighted by Gasteiger charge is -2.11. The lowest BCUT2D eigenvalue weighted by atomic mass is 10.00. The van der Waals surface area contributed by atoms with Crippen molar-refractivity contribution in [2.24, 2.45) is 0 Å². The summed E-state index contributed by atoms with van der Waals surface area (Å²) in [6.07, 6.45) is 1.85. The summed E-state index contributed by atoms with van der Waals surface area (Å²) in [4.78, 5) is 20.0. The Morgan fingerprint density at radius 3 is 1.53 bits per heavy atom. The first-order valence-electron chi connectivity index (χ1n) is 16.4. The number of aromatic nitrogens is 5. The highest BCUT2D eigenvalue weighted by Gasteiger charge is 2.19. The van der Waals surface area contributed by atoms with Crippen LogP contribution >= 0.6 is 0 Å². The van der Waals surface area contributed by atoms with Gasteiger partial charge in [0.05, 0.1) is 11.0 Å². The minimum atomic E-state index is 0.595. The third-order valence-electron chi connectivity index (χ3n) is 9.45. The molecule has 5 heteroatoms. The quantitative estimate of drug-likeness (QED) is 0.195. The van der Waals surface area contributed by atoms with Crippen molar-refractivity contribution in [1.82, 2.24) is 24.5 Å². The maximum Gasteiger partial charge on any atom is 0.164 e. The largest absolute Gasteiger partial charge is 0.294 e. The number of pyridine rings is 1. The van der Waals surface area contributed by atoms with E-state index in [0.717, 1.165) is 38.9 Å². The van der Waals surface area contributed by atoms with Gasteiger partial charge in [-0.25, -0.2) is 19.9 Å². The molecule has 0 bridgehead atoms. The standard InChI is InChI=1S/C44H27N5/c1-2-13-31(14-3-1)42-46-43(33-19-18-28-10-4-5-15-32(28)26-33)48-44(47-42)34-24-25-45-39(27-34)49-37-22-20-29-11-6-8-16-35(29)40(37)41-36-17-9-7-12-30(36)21-23-38(41)49/h1-27H. The van der Waals surface area contributed by atoms with Crippen LogP contribution in [0, 0.1) is 0 Å². The highest BCUT2D eigenvalue weighted by atomic mass is 15.1. The Hall–Kier alpha value is -6.72. The Labute approximate surface area is 281 Å². The van der Waals surface area contributed by atoms with E-state index in [1.807, 2.05) is 42.6 Å². The van der Waals surface area contributed by atoms with E-state index in [2.05, 4.69) is 126 Å². The Morgan fingerprint density at radius 1 is 0.367 bits per heavy atom. The van der Waals surface area contributed by atoms with Gasteiger partial charge in [-0.15, -0.1) is 0 Å². The molecule has 0 spiro atoms. The summed E-state index contributed by atoms with van der Waals surface area (Å²) in [5.41, 5.74) is 4.95. The van der Waals surface area contributed by atoms with Crippen LogP contribution < -0.4 is 0 Å². The van der Waals surface area contributed by atoms with E-state index in [1.54, 1.807) is 0 Å². The van der Waals surface area contributed by atoms with Crippen molar-refractivity contribution in [2.45, 2.75) is 0 Å². The van der Waals surface area contributed by atoms with Crippen LogP contribution in [0.25, 0.3) is 94.1 Å². The minimum absolute atomic E-state index is 0.595. The predicted molar refractivity (Wildman–Crippen MR) is 201 cm³/mol.